The Morgan fingerprint density at radius 2 is 2.00 bits per heavy atom. The average molecular weight is 208 g/mol. The van der Waals surface area contributed by atoms with Crippen LogP contribution < -0.4 is 0 Å². The molecule has 1 aliphatic rings. The predicted octanol–water partition coefficient (Wildman–Crippen LogP) is 0.765. The summed E-state index contributed by atoms with van der Waals surface area (Å²) in [6, 6.07) is 0. The van der Waals surface area contributed by atoms with Gasteiger partial charge >= 0.3 is 0 Å². The third kappa shape index (κ3) is 2.02. The summed E-state index contributed by atoms with van der Waals surface area (Å²) in [6.45, 7) is 3.33. The third-order valence-electron chi connectivity index (χ3n) is 2.30. The molecule has 80 valence electrons. The molecule has 0 radical (unpaired) electrons. The van der Waals surface area contributed by atoms with E-state index in [4.69, 9.17) is 0 Å². The standard InChI is InChI=1S/C10H12N2O3/c1-3-4-8-7(2)9(14)12(10(8)15)5-11-6-13/h3-5H2,1-2H3. The molecule has 0 aromatic carbocycles. The minimum atomic E-state index is -0.359. The van der Waals surface area contributed by atoms with Crippen molar-refractivity contribution < 1.29 is 14.4 Å². The maximum atomic E-state index is 11.7. The maximum Gasteiger partial charge on any atom is 0.258 e. The van der Waals surface area contributed by atoms with E-state index in [1.807, 2.05) is 6.92 Å². The minimum absolute atomic E-state index is 0.230. The van der Waals surface area contributed by atoms with Gasteiger partial charge in [-0.3, -0.25) is 14.5 Å². The summed E-state index contributed by atoms with van der Waals surface area (Å²) in [5.41, 5.74) is 0.992. The lowest BCUT2D eigenvalue weighted by molar-refractivity contribution is -0.137. The van der Waals surface area contributed by atoms with Gasteiger partial charge in [-0.15, -0.1) is 0 Å². The summed E-state index contributed by atoms with van der Waals surface area (Å²) in [5, 5.41) is 0. The fraction of sp³-hybridized carbons (Fsp3) is 0.500. The smallest absolute Gasteiger partial charge is 0.258 e. The second-order valence-electron chi connectivity index (χ2n) is 3.28. The number of aliphatic imine (C=N–C) groups is 1. The van der Waals surface area contributed by atoms with Crippen molar-refractivity contribution in [3.8, 4) is 0 Å². The van der Waals surface area contributed by atoms with Crippen LogP contribution in [-0.2, 0) is 14.4 Å². The van der Waals surface area contributed by atoms with Crippen LogP contribution in [-0.4, -0.2) is 29.5 Å². The Kier molecular flexibility index (Phi) is 3.52. The van der Waals surface area contributed by atoms with Crippen LogP contribution in [0.1, 0.15) is 26.7 Å². The molecular formula is C10H12N2O3. The Balaban J connectivity index is 2.90. The van der Waals surface area contributed by atoms with E-state index < -0.39 is 0 Å². The van der Waals surface area contributed by atoms with Crippen molar-refractivity contribution in [1.82, 2.24) is 4.90 Å². The number of hydrogen-bond donors (Lipinski definition) is 0. The molecule has 0 atom stereocenters. The molecule has 5 heteroatoms. The first kappa shape index (κ1) is 11.3. The molecule has 1 aliphatic heterocycles. The Morgan fingerprint density at radius 1 is 1.33 bits per heavy atom. The Labute approximate surface area is 87.5 Å². The van der Waals surface area contributed by atoms with Gasteiger partial charge in [-0.1, -0.05) is 13.3 Å². The van der Waals surface area contributed by atoms with Crippen LogP contribution in [0.25, 0.3) is 0 Å². The van der Waals surface area contributed by atoms with Crippen molar-refractivity contribution in [2.75, 3.05) is 6.67 Å². The topological polar surface area (TPSA) is 66.8 Å². The fourth-order valence-electron chi connectivity index (χ4n) is 1.52. The molecule has 0 saturated carbocycles. The zero-order valence-electron chi connectivity index (χ0n) is 8.74. The molecule has 15 heavy (non-hydrogen) atoms. The van der Waals surface area contributed by atoms with E-state index in [2.05, 4.69) is 4.99 Å². The molecule has 0 aliphatic carbocycles. The molecular weight excluding hydrogens is 196 g/mol. The van der Waals surface area contributed by atoms with Crippen molar-refractivity contribution in [2.24, 2.45) is 4.99 Å². The molecule has 2 amide bonds. The quantitative estimate of drug-likeness (QED) is 0.389. The number of hydrogen-bond acceptors (Lipinski definition) is 4. The van der Waals surface area contributed by atoms with Gasteiger partial charge in [0.2, 0.25) is 6.08 Å². The number of rotatable bonds is 4. The van der Waals surface area contributed by atoms with E-state index in [9.17, 15) is 14.4 Å². The van der Waals surface area contributed by atoms with Gasteiger partial charge in [-0.05, 0) is 13.3 Å². The van der Waals surface area contributed by atoms with Crippen molar-refractivity contribution in [2.45, 2.75) is 26.7 Å². The van der Waals surface area contributed by atoms with Gasteiger partial charge in [0.15, 0.2) is 0 Å². The number of nitrogens with zero attached hydrogens (tertiary/aromatic N) is 2. The summed E-state index contributed by atoms with van der Waals surface area (Å²) in [4.78, 5) is 37.4. The highest BCUT2D eigenvalue weighted by atomic mass is 16.2. The molecule has 0 aromatic rings. The van der Waals surface area contributed by atoms with Gasteiger partial charge in [-0.2, -0.15) is 4.99 Å². The molecule has 0 N–H and O–H groups in total. The SMILES string of the molecule is CCCC1=C(C)C(=O)N(CN=C=O)C1=O. The first-order valence-corrected chi connectivity index (χ1v) is 4.73. The van der Waals surface area contributed by atoms with Crippen LogP contribution in [0.2, 0.25) is 0 Å². The molecule has 0 aromatic heterocycles. The second kappa shape index (κ2) is 4.66. The first-order chi connectivity index (χ1) is 7.13. The number of carbonyl (C=O) groups excluding carboxylic acids is 3. The monoisotopic (exact) mass is 208 g/mol. The van der Waals surface area contributed by atoms with Crippen molar-refractivity contribution in [3.63, 3.8) is 0 Å². The molecule has 1 rings (SSSR count). The first-order valence-electron chi connectivity index (χ1n) is 4.73. The number of carbonyl (C=O) groups is 2. The molecule has 0 fully saturated rings. The summed E-state index contributed by atoms with van der Waals surface area (Å²) in [5.74, 6) is -0.694. The van der Waals surface area contributed by atoms with Gasteiger partial charge in [0.05, 0.1) is 0 Å². The Hall–Kier alpha value is -1.74. The summed E-state index contributed by atoms with van der Waals surface area (Å²) in [6.07, 6.45) is 2.69. The number of isocyanates is 1. The normalized spacial score (nSPS) is 16.0. The molecule has 0 bridgehead atoms. The molecule has 0 saturated heterocycles. The van der Waals surface area contributed by atoms with Gasteiger partial charge in [0.1, 0.15) is 6.67 Å². The highest BCUT2D eigenvalue weighted by molar-refractivity contribution is 6.19. The summed E-state index contributed by atoms with van der Waals surface area (Å²) >= 11 is 0. The predicted molar refractivity (Wildman–Crippen MR) is 52.4 cm³/mol. The molecule has 0 spiro atoms. The van der Waals surface area contributed by atoms with E-state index in [-0.39, 0.29) is 18.5 Å². The largest absolute Gasteiger partial charge is 0.269 e. The van der Waals surface area contributed by atoms with Gasteiger partial charge < -0.3 is 0 Å². The lowest BCUT2D eigenvalue weighted by Crippen LogP contribution is -2.31. The van der Waals surface area contributed by atoms with Gasteiger partial charge in [0, 0.05) is 11.1 Å². The molecule has 1 heterocycles. The number of imide groups is 1. The van der Waals surface area contributed by atoms with Crippen molar-refractivity contribution in [1.29, 1.82) is 0 Å². The third-order valence-corrected chi connectivity index (χ3v) is 2.30. The zero-order valence-corrected chi connectivity index (χ0v) is 8.74. The zero-order chi connectivity index (χ0) is 11.4. The fourth-order valence-corrected chi connectivity index (χ4v) is 1.52. The molecule has 5 nitrogen and oxygen atoms in total. The van der Waals surface area contributed by atoms with Crippen molar-refractivity contribution >= 4 is 17.9 Å². The lowest BCUT2D eigenvalue weighted by Gasteiger charge is -2.10. The van der Waals surface area contributed by atoms with Crippen LogP contribution in [0.4, 0.5) is 0 Å². The lowest BCUT2D eigenvalue weighted by atomic mass is 10.1. The highest BCUT2D eigenvalue weighted by Crippen LogP contribution is 2.23. The van der Waals surface area contributed by atoms with Gasteiger partial charge in [-0.25, -0.2) is 4.79 Å². The highest BCUT2D eigenvalue weighted by Gasteiger charge is 2.34. The second-order valence-corrected chi connectivity index (χ2v) is 3.28. The van der Waals surface area contributed by atoms with E-state index in [1.54, 1.807) is 6.92 Å². The van der Waals surface area contributed by atoms with E-state index >= 15 is 0 Å². The van der Waals surface area contributed by atoms with E-state index in [0.717, 1.165) is 11.3 Å². The minimum Gasteiger partial charge on any atom is -0.269 e. The van der Waals surface area contributed by atoms with Gasteiger partial charge in [0.25, 0.3) is 11.8 Å². The average Bonchev–Trinajstić information content (AvgIpc) is 2.42. The van der Waals surface area contributed by atoms with E-state index in [1.165, 1.54) is 6.08 Å². The Bertz CT molecular complexity index is 378. The van der Waals surface area contributed by atoms with Crippen LogP contribution >= 0.6 is 0 Å². The van der Waals surface area contributed by atoms with Crippen LogP contribution in [0, 0.1) is 0 Å². The Morgan fingerprint density at radius 3 is 2.53 bits per heavy atom. The summed E-state index contributed by atoms with van der Waals surface area (Å²) < 4.78 is 0. The van der Waals surface area contributed by atoms with E-state index in [0.29, 0.717) is 17.6 Å². The van der Waals surface area contributed by atoms with Crippen LogP contribution in [0.3, 0.4) is 0 Å². The molecule has 0 unspecified atom stereocenters. The maximum absolute atomic E-state index is 11.7. The number of amides is 2. The van der Waals surface area contributed by atoms with Crippen LogP contribution in [0.5, 0.6) is 0 Å². The van der Waals surface area contributed by atoms with Crippen LogP contribution in [0.15, 0.2) is 16.1 Å². The van der Waals surface area contributed by atoms with Crippen molar-refractivity contribution in [3.05, 3.63) is 11.1 Å². The summed E-state index contributed by atoms with van der Waals surface area (Å²) in [7, 11) is 0.